The maximum atomic E-state index is 13.1. The Balaban J connectivity index is 4.91. The first-order valence-electron chi connectivity index (χ1n) is 11.0. The van der Waals surface area contributed by atoms with Crippen molar-refractivity contribution in [3.63, 3.8) is 0 Å². The van der Waals surface area contributed by atoms with Gasteiger partial charge in [-0.15, -0.1) is 0 Å². The molecule has 0 unspecified atom stereocenters. The van der Waals surface area contributed by atoms with Gasteiger partial charge >= 0.3 is 0 Å². The first-order valence-corrected chi connectivity index (χ1v) is 12.1. The van der Waals surface area contributed by atoms with Gasteiger partial charge in [0.15, 0.2) is 0 Å². The van der Waals surface area contributed by atoms with Crippen molar-refractivity contribution in [2.24, 2.45) is 16.2 Å². The van der Waals surface area contributed by atoms with Crippen molar-refractivity contribution in [3.05, 3.63) is 0 Å². The molecule has 0 fully saturated rings. The SMILES string of the molecule is CC(C)(I)CCCOC(C)(C)COC(C)(C)CC(C)(C)C(C)(C)C(=O)C(C)(C)C. The fourth-order valence-electron chi connectivity index (χ4n) is 3.83. The highest BCUT2D eigenvalue weighted by Gasteiger charge is 2.49. The van der Waals surface area contributed by atoms with Gasteiger partial charge in [0.1, 0.15) is 5.78 Å². The van der Waals surface area contributed by atoms with Gasteiger partial charge in [-0.1, -0.05) is 84.9 Å². The number of rotatable bonds is 12. The van der Waals surface area contributed by atoms with E-state index in [2.05, 4.69) is 91.8 Å². The van der Waals surface area contributed by atoms with Crippen LogP contribution in [0.1, 0.15) is 109 Å². The Labute approximate surface area is 195 Å². The predicted octanol–water partition coefficient (Wildman–Crippen LogP) is 7.63. The van der Waals surface area contributed by atoms with Gasteiger partial charge in [0.05, 0.1) is 17.8 Å². The lowest BCUT2D eigenvalue weighted by atomic mass is 9.58. The molecular weight excluding hydrogens is 475 g/mol. The zero-order valence-electron chi connectivity index (χ0n) is 21.6. The van der Waals surface area contributed by atoms with E-state index < -0.39 is 5.41 Å². The lowest BCUT2D eigenvalue weighted by Gasteiger charge is -2.47. The van der Waals surface area contributed by atoms with Crippen molar-refractivity contribution in [3.8, 4) is 0 Å². The Morgan fingerprint density at radius 2 is 1.24 bits per heavy atom. The van der Waals surface area contributed by atoms with Crippen LogP contribution in [-0.4, -0.2) is 33.6 Å². The standard InChI is InChI=1S/C25H49IO3/c1-20(2,3)19(27)25(12,13)21(4,5)17-23(8,9)29-18-24(10,11)28-16-14-15-22(6,7)26/h14-18H2,1-13H3. The van der Waals surface area contributed by atoms with Crippen molar-refractivity contribution in [2.45, 2.75) is 124 Å². The van der Waals surface area contributed by atoms with Crippen LogP contribution < -0.4 is 0 Å². The average Bonchev–Trinajstić information content (AvgIpc) is 2.46. The summed E-state index contributed by atoms with van der Waals surface area (Å²) >= 11 is 2.49. The number of carbonyl (C=O) groups is 1. The molecule has 0 bridgehead atoms. The lowest BCUT2D eigenvalue weighted by molar-refractivity contribution is -0.152. The summed E-state index contributed by atoms with van der Waals surface area (Å²) in [5.74, 6) is 0.299. The van der Waals surface area contributed by atoms with Crippen LogP contribution in [0.2, 0.25) is 0 Å². The molecular formula is C25H49IO3. The van der Waals surface area contributed by atoms with Crippen LogP contribution in [0.4, 0.5) is 0 Å². The molecule has 29 heavy (non-hydrogen) atoms. The summed E-state index contributed by atoms with van der Waals surface area (Å²) < 4.78 is 12.8. The van der Waals surface area contributed by atoms with Crippen LogP contribution in [0.5, 0.6) is 0 Å². The van der Waals surface area contributed by atoms with Crippen LogP contribution >= 0.6 is 22.6 Å². The second kappa shape index (κ2) is 9.85. The number of carbonyl (C=O) groups excluding carboxylic acids is 1. The number of ether oxygens (including phenoxy) is 2. The summed E-state index contributed by atoms with van der Waals surface area (Å²) in [5.41, 5.74) is -1.66. The highest BCUT2D eigenvalue weighted by Crippen LogP contribution is 2.48. The van der Waals surface area contributed by atoms with E-state index in [0.29, 0.717) is 15.8 Å². The quantitative estimate of drug-likeness (QED) is 0.150. The van der Waals surface area contributed by atoms with Gasteiger partial charge in [0.2, 0.25) is 0 Å². The zero-order valence-corrected chi connectivity index (χ0v) is 23.8. The first kappa shape index (κ1) is 29.3. The molecule has 0 saturated heterocycles. The fraction of sp³-hybridized carbons (Fsp3) is 0.960. The minimum atomic E-state index is -0.440. The van der Waals surface area contributed by atoms with Crippen molar-refractivity contribution < 1.29 is 14.3 Å². The summed E-state index contributed by atoms with van der Waals surface area (Å²) in [7, 11) is 0. The van der Waals surface area contributed by atoms with Crippen molar-refractivity contribution in [1.82, 2.24) is 0 Å². The van der Waals surface area contributed by atoms with Crippen LogP contribution in [0, 0.1) is 16.2 Å². The number of Topliss-reactive ketones (excluding diaryl/α,β-unsaturated/α-hetero) is 1. The number of alkyl halides is 1. The van der Waals surface area contributed by atoms with E-state index in [-0.39, 0.29) is 22.0 Å². The molecule has 0 N–H and O–H groups in total. The van der Waals surface area contributed by atoms with Gasteiger partial charge in [-0.25, -0.2) is 0 Å². The Morgan fingerprint density at radius 1 is 0.759 bits per heavy atom. The van der Waals surface area contributed by atoms with E-state index in [1.807, 2.05) is 20.8 Å². The van der Waals surface area contributed by atoms with Crippen molar-refractivity contribution in [1.29, 1.82) is 0 Å². The Bertz CT molecular complexity index is 531. The van der Waals surface area contributed by atoms with E-state index in [1.165, 1.54) is 0 Å². The van der Waals surface area contributed by atoms with Gasteiger partial charge in [-0.2, -0.15) is 0 Å². The van der Waals surface area contributed by atoms with Gasteiger partial charge in [0.25, 0.3) is 0 Å². The van der Waals surface area contributed by atoms with E-state index in [0.717, 1.165) is 25.9 Å². The van der Waals surface area contributed by atoms with E-state index >= 15 is 0 Å². The van der Waals surface area contributed by atoms with Crippen molar-refractivity contribution in [2.75, 3.05) is 13.2 Å². The van der Waals surface area contributed by atoms with Crippen molar-refractivity contribution >= 4 is 28.4 Å². The zero-order chi connectivity index (χ0) is 23.5. The molecule has 0 aromatic heterocycles. The topological polar surface area (TPSA) is 35.5 Å². The third-order valence-electron chi connectivity index (χ3n) is 6.03. The van der Waals surface area contributed by atoms with Gasteiger partial charge in [-0.3, -0.25) is 4.79 Å². The molecule has 0 atom stereocenters. The second-order valence-corrected chi connectivity index (χ2v) is 15.7. The maximum Gasteiger partial charge on any atom is 0.144 e. The van der Waals surface area contributed by atoms with Crippen LogP contribution in [0.25, 0.3) is 0 Å². The van der Waals surface area contributed by atoms with Crippen LogP contribution in [-0.2, 0) is 14.3 Å². The number of halogens is 1. The summed E-state index contributed by atoms with van der Waals surface area (Å²) in [6.45, 7) is 28.8. The minimum absolute atomic E-state index is 0.197. The maximum absolute atomic E-state index is 13.1. The summed E-state index contributed by atoms with van der Waals surface area (Å²) in [4.78, 5) is 13.1. The fourth-order valence-corrected chi connectivity index (χ4v) is 4.21. The number of ketones is 1. The average molecular weight is 525 g/mol. The molecule has 0 aliphatic heterocycles. The van der Waals surface area contributed by atoms with E-state index in [1.54, 1.807) is 0 Å². The molecule has 0 aliphatic carbocycles. The van der Waals surface area contributed by atoms with Gasteiger partial charge in [-0.05, 0) is 52.4 Å². The van der Waals surface area contributed by atoms with E-state index in [9.17, 15) is 4.79 Å². The molecule has 0 rings (SSSR count). The van der Waals surface area contributed by atoms with Crippen LogP contribution in [0.15, 0.2) is 0 Å². The highest BCUT2D eigenvalue weighted by molar-refractivity contribution is 14.1. The molecule has 0 heterocycles. The molecule has 3 nitrogen and oxygen atoms in total. The molecule has 0 radical (unpaired) electrons. The van der Waals surface area contributed by atoms with Gasteiger partial charge in [0, 0.05) is 20.9 Å². The smallest absolute Gasteiger partial charge is 0.144 e. The highest BCUT2D eigenvalue weighted by atomic mass is 127. The normalized spacial score (nSPS) is 15.0. The first-order chi connectivity index (χ1) is 12.5. The summed E-state index contributed by atoms with van der Waals surface area (Å²) in [6.07, 6.45) is 2.99. The molecule has 0 amide bonds. The third-order valence-corrected chi connectivity index (χ3v) is 6.57. The molecule has 0 saturated carbocycles. The Kier molecular flexibility index (Phi) is 9.96. The molecule has 0 aliphatic rings. The number of hydrogen-bond acceptors (Lipinski definition) is 3. The Hall–Kier alpha value is 0.320. The summed E-state index contributed by atoms with van der Waals surface area (Å²) in [6, 6.07) is 0. The monoisotopic (exact) mass is 524 g/mol. The predicted molar refractivity (Wildman–Crippen MR) is 134 cm³/mol. The lowest BCUT2D eigenvalue weighted by Crippen LogP contribution is -2.49. The van der Waals surface area contributed by atoms with Gasteiger partial charge < -0.3 is 9.47 Å². The van der Waals surface area contributed by atoms with Crippen LogP contribution in [0.3, 0.4) is 0 Å². The molecule has 0 spiro atoms. The molecule has 174 valence electrons. The molecule has 0 aromatic carbocycles. The number of hydrogen-bond donors (Lipinski definition) is 0. The van der Waals surface area contributed by atoms with E-state index in [4.69, 9.17) is 9.47 Å². The molecule has 4 heteroatoms. The largest absolute Gasteiger partial charge is 0.373 e. The minimum Gasteiger partial charge on any atom is -0.373 e. The summed E-state index contributed by atoms with van der Waals surface area (Å²) in [5, 5.41) is 0. The Morgan fingerprint density at radius 3 is 1.66 bits per heavy atom. The molecule has 0 aromatic rings. The third kappa shape index (κ3) is 10.5. The second-order valence-electron chi connectivity index (χ2n) is 12.7.